The van der Waals surface area contributed by atoms with Crippen LogP contribution in [0, 0.1) is 23.0 Å². The van der Waals surface area contributed by atoms with E-state index in [4.69, 9.17) is 5.26 Å². The molecule has 0 amide bonds. The van der Waals surface area contributed by atoms with Crippen LogP contribution >= 0.6 is 15.9 Å². The monoisotopic (exact) mass is 287 g/mol. The van der Waals surface area contributed by atoms with Crippen molar-refractivity contribution < 1.29 is 13.9 Å². The van der Waals surface area contributed by atoms with Crippen molar-refractivity contribution in [2.45, 2.75) is 24.7 Å². The number of hydrogen-bond donors (Lipinski definition) is 1. The average Bonchev–Trinajstić information content (AvgIpc) is 2.21. The van der Waals surface area contributed by atoms with Crippen molar-refractivity contribution in [3.8, 4) is 11.8 Å². The van der Waals surface area contributed by atoms with Crippen molar-refractivity contribution in [1.82, 2.24) is 0 Å². The zero-order valence-corrected chi connectivity index (χ0v) is 9.81. The average molecular weight is 288 g/mol. The van der Waals surface area contributed by atoms with Crippen molar-refractivity contribution >= 4 is 15.9 Å². The van der Waals surface area contributed by atoms with Gasteiger partial charge in [0.2, 0.25) is 0 Å². The zero-order chi connectivity index (χ0) is 11.9. The largest absolute Gasteiger partial charge is 0.506 e. The van der Waals surface area contributed by atoms with E-state index in [2.05, 4.69) is 22.0 Å². The first kappa shape index (κ1) is 11.3. The van der Waals surface area contributed by atoms with E-state index in [0.717, 1.165) is 12.5 Å². The van der Waals surface area contributed by atoms with Crippen LogP contribution in [0.3, 0.4) is 0 Å². The van der Waals surface area contributed by atoms with Gasteiger partial charge in [-0.15, -0.1) is 0 Å². The predicted octanol–water partition coefficient (Wildman–Crippen LogP) is 3.38. The maximum Gasteiger partial charge on any atom is 0.176 e. The van der Waals surface area contributed by atoms with Crippen LogP contribution in [0.15, 0.2) is 10.5 Å². The van der Waals surface area contributed by atoms with E-state index in [9.17, 15) is 13.9 Å². The molecule has 0 radical (unpaired) electrons. The minimum Gasteiger partial charge on any atom is -0.506 e. The summed E-state index contributed by atoms with van der Waals surface area (Å²) < 4.78 is 26.0. The van der Waals surface area contributed by atoms with Crippen LogP contribution in [0.4, 0.5) is 8.78 Å². The third kappa shape index (κ3) is 1.40. The van der Waals surface area contributed by atoms with E-state index < -0.39 is 17.0 Å². The highest BCUT2D eigenvalue weighted by Crippen LogP contribution is 2.48. The lowest BCUT2D eigenvalue weighted by atomic mass is 9.65. The summed E-state index contributed by atoms with van der Waals surface area (Å²) >= 11 is 2.78. The maximum atomic E-state index is 13.2. The lowest BCUT2D eigenvalue weighted by Gasteiger charge is -2.36. The minimum absolute atomic E-state index is 0.173. The van der Waals surface area contributed by atoms with Gasteiger partial charge in [0.1, 0.15) is 5.75 Å². The standard InChI is InChI=1S/C11H8BrF2NO/c12-8-9(14)7(13)4-6(10(8)16)11(5-15)2-1-3-11/h4,16H,1-3H2. The Morgan fingerprint density at radius 3 is 2.50 bits per heavy atom. The molecular weight excluding hydrogens is 280 g/mol. The van der Waals surface area contributed by atoms with Gasteiger partial charge in [0.05, 0.1) is 16.0 Å². The molecule has 0 bridgehead atoms. The Morgan fingerprint density at radius 1 is 1.44 bits per heavy atom. The molecular formula is C11H8BrF2NO. The van der Waals surface area contributed by atoms with Crippen LogP contribution in [0.5, 0.6) is 5.75 Å². The molecule has 2 rings (SSSR count). The molecule has 1 aromatic carbocycles. The van der Waals surface area contributed by atoms with Crippen LogP contribution in [0.2, 0.25) is 0 Å². The molecule has 1 aromatic rings. The smallest absolute Gasteiger partial charge is 0.176 e. The van der Waals surface area contributed by atoms with Crippen molar-refractivity contribution in [2.24, 2.45) is 0 Å². The number of phenolic OH excluding ortho intramolecular Hbond substituents is 1. The van der Waals surface area contributed by atoms with Gasteiger partial charge in [0.25, 0.3) is 0 Å². The Hall–Kier alpha value is -1.15. The first-order valence-electron chi connectivity index (χ1n) is 4.80. The van der Waals surface area contributed by atoms with Crippen molar-refractivity contribution in [3.05, 3.63) is 27.7 Å². The quantitative estimate of drug-likeness (QED) is 0.805. The van der Waals surface area contributed by atoms with Gasteiger partial charge in [-0.1, -0.05) is 0 Å². The van der Waals surface area contributed by atoms with E-state index in [1.54, 1.807) is 0 Å². The predicted molar refractivity (Wildman–Crippen MR) is 56.9 cm³/mol. The van der Waals surface area contributed by atoms with Crippen LogP contribution in [0.1, 0.15) is 24.8 Å². The number of rotatable bonds is 1. The van der Waals surface area contributed by atoms with E-state index in [1.807, 2.05) is 0 Å². The van der Waals surface area contributed by atoms with Crippen molar-refractivity contribution in [1.29, 1.82) is 5.26 Å². The fourth-order valence-corrected chi connectivity index (χ4v) is 2.32. The summed E-state index contributed by atoms with van der Waals surface area (Å²) in [7, 11) is 0. The number of aromatic hydroxyl groups is 1. The first-order valence-corrected chi connectivity index (χ1v) is 5.59. The lowest BCUT2D eigenvalue weighted by Crippen LogP contribution is -2.32. The third-order valence-corrected chi connectivity index (χ3v) is 3.80. The molecule has 5 heteroatoms. The fourth-order valence-electron chi connectivity index (χ4n) is 1.92. The summed E-state index contributed by atoms with van der Waals surface area (Å²) in [5.41, 5.74) is -0.687. The van der Waals surface area contributed by atoms with E-state index in [-0.39, 0.29) is 15.8 Å². The Kier molecular flexibility index (Phi) is 2.62. The van der Waals surface area contributed by atoms with Gasteiger partial charge in [-0.05, 0) is 41.3 Å². The zero-order valence-electron chi connectivity index (χ0n) is 8.23. The summed E-state index contributed by atoms with van der Waals surface area (Å²) in [5, 5.41) is 18.8. The van der Waals surface area contributed by atoms with Crippen molar-refractivity contribution in [2.75, 3.05) is 0 Å². The topological polar surface area (TPSA) is 44.0 Å². The summed E-state index contributed by atoms with van der Waals surface area (Å²) in [6.07, 6.45) is 1.98. The second-order valence-electron chi connectivity index (χ2n) is 3.93. The summed E-state index contributed by atoms with van der Waals surface area (Å²) in [5.74, 6) is -2.56. The van der Waals surface area contributed by atoms with Gasteiger partial charge >= 0.3 is 0 Å². The molecule has 1 aliphatic carbocycles. The molecule has 0 heterocycles. The van der Waals surface area contributed by atoms with E-state index in [1.165, 1.54) is 0 Å². The van der Waals surface area contributed by atoms with Crippen LogP contribution < -0.4 is 0 Å². The Morgan fingerprint density at radius 2 is 2.06 bits per heavy atom. The number of hydrogen-bond acceptors (Lipinski definition) is 2. The molecule has 0 saturated heterocycles. The molecule has 0 aromatic heterocycles. The first-order chi connectivity index (χ1) is 7.52. The molecule has 84 valence electrons. The normalized spacial score (nSPS) is 17.6. The molecule has 0 spiro atoms. The number of phenols is 1. The Bertz CT molecular complexity index is 492. The van der Waals surface area contributed by atoms with Crippen molar-refractivity contribution in [3.63, 3.8) is 0 Å². The van der Waals surface area contributed by atoms with Gasteiger partial charge in [-0.2, -0.15) is 5.26 Å². The second kappa shape index (κ2) is 3.70. The Labute approximate surface area is 99.6 Å². The van der Waals surface area contributed by atoms with Crippen LogP contribution in [-0.4, -0.2) is 5.11 Å². The molecule has 1 fully saturated rings. The van der Waals surface area contributed by atoms with Gasteiger partial charge in [-0.3, -0.25) is 0 Å². The SMILES string of the molecule is N#CC1(c2cc(F)c(F)c(Br)c2O)CCC1. The number of nitrogens with zero attached hydrogens (tertiary/aromatic N) is 1. The van der Waals surface area contributed by atoms with Gasteiger partial charge in [0, 0.05) is 5.56 Å². The number of benzene rings is 1. The highest BCUT2D eigenvalue weighted by Gasteiger charge is 2.42. The van der Waals surface area contributed by atoms with E-state index >= 15 is 0 Å². The molecule has 1 N–H and O–H groups in total. The lowest BCUT2D eigenvalue weighted by molar-refractivity contribution is 0.307. The summed E-state index contributed by atoms with van der Waals surface area (Å²) in [6, 6.07) is 2.99. The van der Waals surface area contributed by atoms with Crippen LogP contribution in [-0.2, 0) is 5.41 Å². The number of halogens is 3. The van der Waals surface area contributed by atoms with E-state index in [0.29, 0.717) is 12.8 Å². The van der Waals surface area contributed by atoms with Gasteiger partial charge in [-0.25, -0.2) is 8.78 Å². The van der Waals surface area contributed by atoms with Crippen LogP contribution in [0.25, 0.3) is 0 Å². The van der Waals surface area contributed by atoms with Gasteiger partial charge < -0.3 is 5.11 Å². The summed E-state index contributed by atoms with van der Waals surface area (Å²) in [6.45, 7) is 0. The molecule has 0 aliphatic heterocycles. The van der Waals surface area contributed by atoms with Gasteiger partial charge in [0.15, 0.2) is 11.6 Å². The second-order valence-corrected chi connectivity index (χ2v) is 4.72. The highest BCUT2D eigenvalue weighted by atomic mass is 79.9. The molecule has 0 atom stereocenters. The number of nitriles is 1. The Balaban J connectivity index is 2.63. The molecule has 16 heavy (non-hydrogen) atoms. The highest BCUT2D eigenvalue weighted by molar-refractivity contribution is 9.10. The molecule has 1 saturated carbocycles. The minimum atomic E-state index is -1.13. The molecule has 1 aliphatic rings. The maximum absolute atomic E-state index is 13.2. The molecule has 0 unspecified atom stereocenters. The summed E-state index contributed by atoms with van der Waals surface area (Å²) in [4.78, 5) is 0. The molecule has 2 nitrogen and oxygen atoms in total. The fraction of sp³-hybridized carbons (Fsp3) is 0.364. The third-order valence-electron chi connectivity index (χ3n) is 3.07.